The third-order valence-electron chi connectivity index (χ3n) is 1.00. The molecule has 0 aromatic carbocycles. The third kappa shape index (κ3) is 5.18. The van der Waals surface area contributed by atoms with Crippen LogP contribution in [0.1, 0.15) is 0 Å². The molecule has 0 unspecified atom stereocenters. The molecule has 1 rings (SSSR count). The molecule has 0 bridgehead atoms. The molecular weight excluding hydrogens is 197 g/mol. The second kappa shape index (κ2) is 7.16. The van der Waals surface area contributed by atoms with Gasteiger partial charge < -0.3 is 5.43 Å². The predicted octanol–water partition coefficient (Wildman–Crippen LogP) is 1.81. The minimum atomic E-state index is 0. The molecule has 0 spiro atoms. The molecule has 0 aliphatic heterocycles. The topological polar surface area (TPSA) is 28.2 Å². The first-order chi connectivity index (χ1) is 4.79. The number of nitrogens with one attached hydrogen (secondary N) is 1. The number of halogens is 2. The highest BCUT2D eigenvalue weighted by molar-refractivity contribution is 5.85. The number of hydrazine groups is 1. The van der Waals surface area contributed by atoms with Gasteiger partial charge in [-0.1, -0.05) is 6.07 Å². The summed E-state index contributed by atoms with van der Waals surface area (Å²) in [5, 5.41) is 1.85. The van der Waals surface area contributed by atoms with E-state index in [4.69, 9.17) is 0 Å². The van der Waals surface area contributed by atoms with Crippen LogP contribution in [0.4, 0.5) is 5.82 Å². The van der Waals surface area contributed by atoms with E-state index in [1.54, 1.807) is 6.20 Å². The molecule has 0 amide bonds. The van der Waals surface area contributed by atoms with Crippen LogP contribution in [0.2, 0.25) is 0 Å². The zero-order valence-electron chi connectivity index (χ0n) is 7.02. The summed E-state index contributed by atoms with van der Waals surface area (Å²) in [6.07, 6.45) is 1.76. The van der Waals surface area contributed by atoms with Crippen LogP contribution in [0.25, 0.3) is 0 Å². The monoisotopic (exact) mass is 209 g/mol. The predicted molar refractivity (Wildman–Crippen MR) is 56.0 cm³/mol. The van der Waals surface area contributed by atoms with Crippen molar-refractivity contribution in [2.45, 2.75) is 0 Å². The Bertz CT molecular complexity index is 191. The van der Waals surface area contributed by atoms with Crippen molar-refractivity contribution in [1.29, 1.82) is 0 Å². The normalized spacial score (nSPS) is 8.25. The molecule has 1 N–H and O–H groups in total. The third-order valence-corrected chi connectivity index (χ3v) is 1.00. The number of hydrogen-bond donors (Lipinski definition) is 1. The summed E-state index contributed by atoms with van der Waals surface area (Å²) in [5.41, 5.74) is 3.03. The highest BCUT2D eigenvalue weighted by Crippen LogP contribution is 1.98. The first kappa shape index (κ1) is 14.0. The molecule has 1 aromatic rings. The van der Waals surface area contributed by atoms with Gasteiger partial charge in [0.1, 0.15) is 5.82 Å². The molecule has 1 heterocycles. The van der Waals surface area contributed by atoms with Gasteiger partial charge in [-0.25, -0.2) is 9.99 Å². The lowest BCUT2D eigenvalue weighted by atomic mass is 10.5. The molecule has 0 fully saturated rings. The molecule has 0 saturated heterocycles. The minimum absolute atomic E-state index is 0. The van der Waals surface area contributed by atoms with Gasteiger partial charge in [0.25, 0.3) is 0 Å². The molecule has 70 valence electrons. The van der Waals surface area contributed by atoms with E-state index in [-0.39, 0.29) is 24.8 Å². The van der Waals surface area contributed by atoms with Gasteiger partial charge in [0.15, 0.2) is 0 Å². The standard InChI is InChI=1S/C7H11N3.2ClH/c1-10(2)9-7-5-3-4-6-8-7;;/h3-6H,1-2H3,(H,8,9);2*1H. The summed E-state index contributed by atoms with van der Waals surface area (Å²) in [6.45, 7) is 0. The zero-order valence-corrected chi connectivity index (χ0v) is 8.65. The number of nitrogens with zero attached hydrogens (tertiary/aromatic N) is 2. The smallest absolute Gasteiger partial charge is 0.140 e. The first-order valence-corrected chi connectivity index (χ1v) is 3.14. The molecular formula is C7H13Cl2N3. The van der Waals surface area contributed by atoms with E-state index < -0.39 is 0 Å². The Morgan fingerprint density at radius 1 is 1.25 bits per heavy atom. The molecule has 0 saturated carbocycles. The van der Waals surface area contributed by atoms with Gasteiger partial charge in [-0.3, -0.25) is 0 Å². The van der Waals surface area contributed by atoms with Crippen molar-refractivity contribution in [3.05, 3.63) is 24.4 Å². The lowest BCUT2D eigenvalue weighted by molar-refractivity contribution is 0.492. The van der Waals surface area contributed by atoms with Gasteiger partial charge in [-0.15, -0.1) is 24.8 Å². The lowest BCUT2D eigenvalue weighted by Gasteiger charge is -2.11. The number of hydrogen-bond acceptors (Lipinski definition) is 3. The lowest BCUT2D eigenvalue weighted by Crippen LogP contribution is -2.19. The maximum absolute atomic E-state index is 4.07. The van der Waals surface area contributed by atoms with E-state index in [1.165, 1.54) is 0 Å². The van der Waals surface area contributed by atoms with Crippen LogP contribution < -0.4 is 5.43 Å². The summed E-state index contributed by atoms with van der Waals surface area (Å²) in [6, 6.07) is 5.75. The van der Waals surface area contributed by atoms with Crippen molar-refractivity contribution < 1.29 is 0 Å². The van der Waals surface area contributed by atoms with E-state index in [0.717, 1.165) is 5.82 Å². The minimum Gasteiger partial charge on any atom is -0.304 e. The van der Waals surface area contributed by atoms with Crippen LogP contribution in [0.15, 0.2) is 24.4 Å². The molecule has 0 atom stereocenters. The van der Waals surface area contributed by atoms with E-state index in [2.05, 4.69) is 10.4 Å². The maximum Gasteiger partial charge on any atom is 0.140 e. The first-order valence-electron chi connectivity index (χ1n) is 3.14. The fourth-order valence-electron chi connectivity index (χ4n) is 0.658. The van der Waals surface area contributed by atoms with Crippen LogP contribution in [0, 0.1) is 0 Å². The van der Waals surface area contributed by atoms with Crippen molar-refractivity contribution in [3.63, 3.8) is 0 Å². The van der Waals surface area contributed by atoms with Crippen LogP contribution in [0.5, 0.6) is 0 Å². The summed E-state index contributed by atoms with van der Waals surface area (Å²) in [4.78, 5) is 4.07. The molecule has 12 heavy (non-hydrogen) atoms. The Kier molecular flexibility index (Phi) is 8.37. The molecule has 0 aliphatic rings. The average molecular weight is 210 g/mol. The highest BCUT2D eigenvalue weighted by Gasteiger charge is 1.89. The van der Waals surface area contributed by atoms with Gasteiger partial charge >= 0.3 is 0 Å². The van der Waals surface area contributed by atoms with Gasteiger partial charge in [-0.2, -0.15) is 0 Å². The van der Waals surface area contributed by atoms with E-state index in [0.29, 0.717) is 0 Å². The fourth-order valence-corrected chi connectivity index (χ4v) is 0.658. The number of pyridine rings is 1. The highest BCUT2D eigenvalue weighted by atomic mass is 35.5. The number of anilines is 1. The van der Waals surface area contributed by atoms with Crippen LogP contribution in [-0.4, -0.2) is 24.1 Å². The van der Waals surface area contributed by atoms with Crippen LogP contribution in [0.3, 0.4) is 0 Å². The van der Waals surface area contributed by atoms with Crippen molar-refractivity contribution in [2.75, 3.05) is 19.5 Å². The summed E-state index contributed by atoms with van der Waals surface area (Å²) >= 11 is 0. The zero-order chi connectivity index (χ0) is 7.40. The summed E-state index contributed by atoms with van der Waals surface area (Å²) in [7, 11) is 3.85. The van der Waals surface area contributed by atoms with Crippen molar-refractivity contribution in [2.24, 2.45) is 0 Å². The quantitative estimate of drug-likeness (QED) is 0.754. The summed E-state index contributed by atoms with van der Waals surface area (Å²) in [5.74, 6) is 0.868. The van der Waals surface area contributed by atoms with Gasteiger partial charge in [0.2, 0.25) is 0 Å². The SMILES string of the molecule is CN(C)Nc1ccccn1.Cl.Cl. The summed E-state index contributed by atoms with van der Waals surface area (Å²) < 4.78 is 0. The Balaban J connectivity index is 0. The van der Waals surface area contributed by atoms with E-state index >= 15 is 0 Å². The van der Waals surface area contributed by atoms with Crippen LogP contribution >= 0.6 is 24.8 Å². The second-order valence-electron chi connectivity index (χ2n) is 2.22. The van der Waals surface area contributed by atoms with Gasteiger partial charge in [-0.05, 0) is 12.1 Å². The Morgan fingerprint density at radius 2 is 1.92 bits per heavy atom. The largest absolute Gasteiger partial charge is 0.304 e. The van der Waals surface area contributed by atoms with E-state index in [9.17, 15) is 0 Å². The second-order valence-corrected chi connectivity index (χ2v) is 2.22. The molecule has 5 heteroatoms. The fraction of sp³-hybridized carbons (Fsp3) is 0.286. The Morgan fingerprint density at radius 3 is 2.33 bits per heavy atom. The molecule has 3 nitrogen and oxygen atoms in total. The molecule has 0 aliphatic carbocycles. The molecule has 1 aromatic heterocycles. The number of rotatable bonds is 2. The van der Waals surface area contributed by atoms with Crippen molar-refractivity contribution in [3.8, 4) is 0 Å². The maximum atomic E-state index is 4.07. The number of aromatic nitrogens is 1. The van der Waals surface area contributed by atoms with Crippen LogP contribution in [-0.2, 0) is 0 Å². The van der Waals surface area contributed by atoms with E-state index in [1.807, 2.05) is 37.3 Å². The van der Waals surface area contributed by atoms with Gasteiger partial charge in [0, 0.05) is 20.3 Å². The van der Waals surface area contributed by atoms with Gasteiger partial charge in [0.05, 0.1) is 0 Å². The Labute approximate surface area is 85.0 Å². The van der Waals surface area contributed by atoms with Crippen molar-refractivity contribution >= 4 is 30.6 Å². The Hall–Kier alpha value is -0.510. The van der Waals surface area contributed by atoms with Crippen molar-refractivity contribution in [1.82, 2.24) is 9.99 Å². The molecule has 0 radical (unpaired) electrons. The average Bonchev–Trinajstić information content (AvgIpc) is 1.88.